The van der Waals surface area contributed by atoms with Crippen LogP contribution in [0.15, 0.2) is 91.0 Å². The minimum Gasteiger partial charge on any atom is -0.371 e. The van der Waals surface area contributed by atoms with Gasteiger partial charge in [-0.15, -0.1) is 0 Å². The molecule has 0 amide bonds. The largest absolute Gasteiger partial charge is 0.371 e. The zero-order valence-electron chi connectivity index (χ0n) is 22.7. The molecule has 5 heteroatoms. The third-order valence-corrected chi connectivity index (χ3v) is 8.46. The summed E-state index contributed by atoms with van der Waals surface area (Å²) in [6.45, 7) is 2.19. The zero-order valence-corrected chi connectivity index (χ0v) is 22.7. The van der Waals surface area contributed by atoms with Crippen LogP contribution in [0.5, 0.6) is 0 Å². The zero-order chi connectivity index (χ0) is 26.3. The van der Waals surface area contributed by atoms with E-state index in [1.54, 1.807) is 0 Å². The van der Waals surface area contributed by atoms with Gasteiger partial charge in [-0.3, -0.25) is 0 Å². The summed E-state index contributed by atoms with van der Waals surface area (Å²) in [5.74, 6) is -0.299. The van der Waals surface area contributed by atoms with E-state index in [9.17, 15) is 0 Å². The molecule has 5 atom stereocenters. The Labute approximate surface area is 232 Å². The second-order valence-electron chi connectivity index (χ2n) is 11.2. The van der Waals surface area contributed by atoms with Crippen molar-refractivity contribution in [3.8, 4) is 0 Å². The van der Waals surface area contributed by atoms with Gasteiger partial charge in [-0.2, -0.15) is 0 Å². The van der Waals surface area contributed by atoms with E-state index in [2.05, 4.69) is 72.8 Å². The molecule has 3 aromatic rings. The highest BCUT2D eigenvalue weighted by atomic mass is 16.7. The second-order valence-corrected chi connectivity index (χ2v) is 11.2. The molecule has 3 aliphatic rings. The molecule has 1 aliphatic heterocycles. The lowest BCUT2D eigenvalue weighted by atomic mass is 9.94. The summed E-state index contributed by atoms with van der Waals surface area (Å²) in [7, 11) is 0. The first-order valence-corrected chi connectivity index (χ1v) is 14.6. The smallest absolute Gasteiger partial charge is 0.168 e. The van der Waals surface area contributed by atoms with Crippen LogP contribution in [-0.4, -0.2) is 36.8 Å². The van der Waals surface area contributed by atoms with Crippen LogP contribution in [-0.2, 0) is 43.5 Å². The van der Waals surface area contributed by atoms with E-state index in [-0.39, 0.29) is 30.3 Å². The van der Waals surface area contributed by atoms with Gasteiger partial charge in [-0.05, 0) is 36.0 Å². The van der Waals surface area contributed by atoms with Gasteiger partial charge in [-0.1, -0.05) is 97.4 Å². The van der Waals surface area contributed by atoms with Gasteiger partial charge in [0, 0.05) is 18.8 Å². The van der Waals surface area contributed by atoms with Crippen LogP contribution in [0.3, 0.4) is 0 Å². The molecule has 39 heavy (non-hydrogen) atoms. The van der Waals surface area contributed by atoms with Gasteiger partial charge in [0.05, 0.1) is 44.7 Å². The molecule has 2 aliphatic carbocycles. The van der Waals surface area contributed by atoms with E-state index < -0.39 is 5.79 Å². The van der Waals surface area contributed by atoms with Gasteiger partial charge in [-0.25, -0.2) is 0 Å². The van der Waals surface area contributed by atoms with E-state index in [0.29, 0.717) is 26.4 Å². The van der Waals surface area contributed by atoms with E-state index in [0.717, 1.165) is 48.8 Å². The maximum atomic E-state index is 6.76. The average molecular weight is 529 g/mol. The van der Waals surface area contributed by atoms with Crippen LogP contribution in [0.1, 0.15) is 55.2 Å². The lowest BCUT2D eigenvalue weighted by molar-refractivity contribution is -0.197. The van der Waals surface area contributed by atoms with Crippen molar-refractivity contribution >= 4 is 0 Å². The molecule has 0 bridgehead atoms. The first kappa shape index (κ1) is 26.7. The third kappa shape index (κ3) is 6.62. The van der Waals surface area contributed by atoms with Gasteiger partial charge >= 0.3 is 0 Å². The first-order chi connectivity index (χ1) is 19.3. The van der Waals surface area contributed by atoms with Gasteiger partial charge in [0.1, 0.15) is 6.10 Å². The number of hydrogen-bond acceptors (Lipinski definition) is 5. The highest BCUT2D eigenvalue weighted by Gasteiger charge is 2.53. The fraction of sp³-hybridized carbons (Fsp3) is 0.471. The molecule has 3 fully saturated rings. The molecule has 0 aromatic heterocycles. The Bertz CT molecular complexity index is 1130. The number of hydrogen-bond donors (Lipinski definition) is 0. The topological polar surface area (TPSA) is 46.2 Å². The molecule has 0 N–H and O–H groups in total. The predicted molar refractivity (Wildman–Crippen MR) is 150 cm³/mol. The van der Waals surface area contributed by atoms with Crippen molar-refractivity contribution in [2.24, 2.45) is 5.92 Å². The van der Waals surface area contributed by atoms with Crippen LogP contribution in [0.4, 0.5) is 0 Å². The summed E-state index contributed by atoms with van der Waals surface area (Å²) in [5, 5.41) is 0. The third-order valence-electron chi connectivity index (χ3n) is 8.46. The van der Waals surface area contributed by atoms with Gasteiger partial charge in [0.15, 0.2) is 5.79 Å². The standard InChI is InChI=1S/C34H40O5/c1-5-13-26(14-6-1)22-35-30-21-29(31-25-38-34(39-31)19-11-4-12-20-34)32(36-23-27-15-7-2-8-16-27)33(30)37-24-28-17-9-3-10-18-28/h1-3,5-10,13-18,29-33H,4,11-12,19-25H2/t29-,30-,31-,32-,33+/m1/s1. The Kier molecular flexibility index (Phi) is 8.72. The summed E-state index contributed by atoms with van der Waals surface area (Å²) in [6, 6.07) is 31.1. The van der Waals surface area contributed by atoms with Crippen LogP contribution >= 0.6 is 0 Å². The maximum Gasteiger partial charge on any atom is 0.168 e. The Morgan fingerprint density at radius 3 is 1.69 bits per heavy atom. The molecule has 0 unspecified atom stereocenters. The normalized spacial score (nSPS) is 28.2. The van der Waals surface area contributed by atoms with Crippen LogP contribution in [0.2, 0.25) is 0 Å². The average Bonchev–Trinajstić information content (AvgIpc) is 3.56. The lowest BCUT2D eigenvalue weighted by Crippen LogP contribution is -2.41. The molecule has 3 aromatic carbocycles. The summed E-state index contributed by atoms with van der Waals surface area (Å²) >= 11 is 0. The maximum absolute atomic E-state index is 6.76. The molecule has 2 saturated carbocycles. The van der Waals surface area contributed by atoms with Crippen LogP contribution < -0.4 is 0 Å². The fourth-order valence-corrected chi connectivity index (χ4v) is 6.39. The van der Waals surface area contributed by atoms with Gasteiger partial charge in [0.25, 0.3) is 0 Å². The van der Waals surface area contributed by atoms with Crippen molar-refractivity contribution in [1.29, 1.82) is 0 Å². The number of benzene rings is 3. The molecular weight excluding hydrogens is 488 g/mol. The highest BCUT2D eigenvalue weighted by Crippen LogP contribution is 2.45. The quantitative estimate of drug-likeness (QED) is 0.288. The second kappa shape index (κ2) is 12.8. The minimum atomic E-state index is -0.420. The van der Waals surface area contributed by atoms with E-state index in [1.165, 1.54) is 6.42 Å². The molecule has 1 spiro atoms. The highest BCUT2D eigenvalue weighted by molar-refractivity contribution is 5.16. The molecule has 1 saturated heterocycles. The first-order valence-electron chi connectivity index (χ1n) is 14.6. The lowest BCUT2D eigenvalue weighted by Gasteiger charge is -2.33. The molecule has 206 valence electrons. The van der Waals surface area contributed by atoms with Gasteiger partial charge in [0.2, 0.25) is 0 Å². The Morgan fingerprint density at radius 2 is 1.13 bits per heavy atom. The van der Waals surface area contributed by atoms with Crippen molar-refractivity contribution < 1.29 is 23.7 Å². The van der Waals surface area contributed by atoms with Crippen LogP contribution in [0.25, 0.3) is 0 Å². The Morgan fingerprint density at radius 1 is 0.615 bits per heavy atom. The van der Waals surface area contributed by atoms with E-state index in [1.807, 2.05) is 18.2 Å². The monoisotopic (exact) mass is 528 g/mol. The SMILES string of the molecule is c1ccc(CO[C@@H]2[C@@H]([C@H]3COC4(CCCCC4)O3)C[C@@H](OCc3ccccc3)[C@@H]2OCc2ccccc2)cc1. The van der Waals surface area contributed by atoms with Crippen molar-refractivity contribution in [3.63, 3.8) is 0 Å². The van der Waals surface area contributed by atoms with E-state index in [4.69, 9.17) is 23.7 Å². The molecular formula is C34H40O5. The van der Waals surface area contributed by atoms with Crippen molar-refractivity contribution in [2.75, 3.05) is 6.61 Å². The fourth-order valence-electron chi connectivity index (χ4n) is 6.39. The van der Waals surface area contributed by atoms with Crippen molar-refractivity contribution in [1.82, 2.24) is 0 Å². The van der Waals surface area contributed by atoms with Gasteiger partial charge < -0.3 is 23.7 Å². The molecule has 6 rings (SSSR count). The minimum absolute atomic E-state index is 0.0305. The molecule has 0 radical (unpaired) electrons. The Balaban J connectivity index is 1.23. The van der Waals surface area contributed by atoms with Crippen molar-refractivity contribution in [3.05, 3.63) is 108 Å². The molecule has 5 nitrogen and oxygen atoms in total. The van der Waals surface area contributed by atoms with E-state index >= 15 is 0 Å². The summed E-state index contributed by atoms with van der Waals surface area (Å²) in [5.41, 5.74) is 3.45. The predicted octanol–water partition coefficient (Wildman–Crippen LogP) is 6.84. The summed E-state index contributed by atoms with van der Waals surface area (Å²) < 4.78 is 33.2. The summed E-state index contributed by atoms with van der Waals surface area (Å²) in [4.78, 5) is 0. The van der Waals surface area contributed by atoms with Crippen molar-refractivity contribution in [2.45, 2.75) is 88.5 Å². The summed E-state index contributed by atoms with van der Waals surface area (Å²) in [6.07, 6.45) is 5.85. The number of rotatable bonds is 10. The van der Waals surface area contributed by atoms with Crippen LogP contribution in [0, 0.1) is 5.92 Å². The molecule has 1 heterocycles. The Hall–Kier alpha value is -2.54. The number of ether oxygens (including phenoxy) is 5.